The van der Waals surface area contributed by atoms with Gasteiger partial charge in [0.2, 0.25) is 0 Å². The summed E-state index contributed by atoms with van der Waals surface area (Å²) >= 11 is 5.49. The van der Waals surface area contributed by atoms with Crippen LogP contribution in [0.5, 0.6) is 0 Å². The second kappa shape index (κ2) is 9.40. The van der Waals surface area contributed by atoms with Crippen molar-refractivity contribution in [2.45, 2.75) is 6.61 Å². The Morgan fingerprint density at radius 1 is 1.19 bits per heavy atom. The van der Waals surface area contributed by atoms with Crippen LogP contribution in [-0.4, -0.2) is 25.6 Å². The first kappa shape index (κ1) is 13.2. The van der Waals surface area contributed by atoms with Gasteiger partial charge < -0.3 is 10.1 Å². The third-order valence-electron chi connectivity index (χ3n) is 2.05. The van der Waals surface area contributed by atoms with Crippen molar-refractivity contribution in [3.05, 3.63) is 48.0 Å². The molecule has 0 fully saturated rings. The van der Waals surface area contributed by atoms with E-state index < -0.39 is 0 Å². The molecular weight excluding hydrogens is 222 g/mol. The van der Waals surface area contributed by atoms with Gasteiger partial charge in [0, 0.05) is 19.0 Å². The van der Waals surface area contributed by atoms with Crippen LogP contribution >= 0.6 is 11.6 Å². The van der Waals surface area contributed by atoms with E-state index >= 15 is 0 Å². The van der Waals surface area contributed by atoms with E-state index in [1.807, 2.05) is 30.4 Å². The van der Waals surface area contributed by atoms with Gasteiger partial charge in [-0.3, -0.25) is 0 Å². The summed E-state index contributed by atoms with van der Waals surface area (Å²) in [5.74, 6) is 0.576. The van der Waals surface area contributed by atoms with Gasteiger partial charge in [-0.15, -0.1) is 11.6 Å². The number of ether oxygens (including phenoxy) is 1. The first-order chi connectivity index (χ1) is 7.93. The minimum Gasteiger partial charge on any atom is -0.375 e. The quantitative estimate of drug-likeness (QED) is 0.428. The molecule has 0 saturated carbocycles. The Kier molecular flexibility index (Phi) is 7.78. The predicted molar refractivity (Wildman–Crippen MR) is 68.8 cm³/mol. The monoisotopic (exact) mass is 239 g/mol. The zero-order chi connectivity index (χ0) is 11.5. The van der Waals surface area contributed by atoms with Crippen LogP contribution in [0.2, 0.25) is 0 Å². The lowest BCUT2D eigenvalue weighted by molar-refractivity contribution is 0.123. The van der Waals surface area contributed by atoms with Crippen molar-refractivity contribution in [3.8, 4) is 0 Å². The highest BCUT2D eigenvalue weighted by atomic mass is 35.5. The Balaban J connectivity index is 1.94. The molecule has 0 saturated heterocycles. The predicted octanol–water partition coefficient (Wildman–Crippen LogP) is 2.59. The number of allylic oxidation sites excluding steroid dienone is 1. The summed E-state index contributed by atoms with van der Waals surface area (Å²) in [6.07, 6.45) is 3.95. The fraction of sp³-hybridized carbons (Fsp3) is 0.385. The molecule has 0 unspecified atom stereocenters. The van der Waals surface area contributed by atoms with Crippen molar-refractivity contribution in [1.29, 1.82) is 0 Å². The highest BCUT2D eigenvalue weighted by Gasteiger charge is 1.90. The lowest BCUT2D eigenvalue weighted by Gasteiger charge is -2.04. The van der Waals surface area contributed by atoms with Gasteiger partial charge in [-0.25, -0.2) is 0 Å². The van der Waals surface area contributed by atoms with Crippen LogP contribution in [0.15, 0.2) is 42.5 Å². The zero-order valence-corrected chi connectivity index (χ0v) is 10.1. The van der Waals surface area contributed by atoms with E-state index in [2.05, 4.69) is 17.4 Å². The molecule has 1 aromatic carbocycles. The number of alkyl halides is 1. The molecule has 1 rings (SSSR count). The fourth-order valence-corrected chi connectivity index (χ4v) is 1.37. The minimum atomic E-state index is 0.576. The van der Waals surface area contributed by atoms with Gasteiger partial charge in [0.25, 0.3) is 0 Å². The summed E-state index contributed by atoms with van der Waals surface area (Å²) in [6, 6.07) is 10.2. The SMILES string of the molecule is ClC/C=C/CNCCOCc1ccccc1. The summed E-state index contributed by atoms with van der Waals surface area (Å²) in [4.78, 5) is 0. The molecule has 16 heavy (non-hydrogen) atoms. The average molecular weight is 240 g/mol. The first-order valence-electron chi connectivity index (χ1n) is 5.47. The van der Waals surface area contributed by atoms with E-state index in [9.17, 15) is 0 Å². The molecule has 0 aliphatic carbocycles. The summed E-state index contributed by atoms with van der Waals surface area (Å²) < 4.78 is 5.51. The molecule has 3 heteroatoms. The van der Waals surface area contributed by atoms with Gasteiger partial charge in [-0.05, 0) is 5.56 Å². The van der Waals surface area contributed by atoms with Gasteiger partial charge in [0.15, 0.2) is 0 Å². The smallest absolute Gasteiger partial charge is 0.0717 e. The summed E-state index contributed by atoms with van der Waals surface area (Å²) in [5, 5.41) is 3.24. The molecule has 2 nitrogen and oxygen atoms in total. The lowest BCUT2D eigenvalue weighted by Crippen LogP contribution is -2.19. The molecule has 1 N–H and O–H groups in total. The Morgan fingerprint density at radius 2 is 2.00 bits per heavy atom. The molecule has 1 aromatic rings. The van der Waals surface area contributed by atoms with E-state index in [1.54, 1.807) is 0 Å². The lowest BCUT2D eigenvalue weighted by atomic mass is 10.2. The topological polar surface area (TPSA) is 21.3 Å². The van der Waals surface area contributed by atoms with E-state index in [4.69, 9.17) is 16.3 Å². The maximum absolute atomic E-state index is 5.51. The second-order valence-corrected chi connectivity index (χ2v) is 3.68. The molecule has 0 atom stereocenters. The van der Waals surface area contributed by atoms with Crippen LogP contribution in [0.4, 0.5) is 0 Å². The molecular formula is C13H18ClNO. The fourth-order valence-electron chi connectivity index (χ4n) is 1.24. The van der Waals surface area contributed by atoms with Crippen molar-refractivity contribution in [1.82, 2.24) is 5.32 Å². The molecule has 0 aliphatic heterocycles. The number of rotatable bonds is 8. The molecule has 0 radical (unpaired) electrons. The highest BCUT2D eigenvalue weighted by Crippen LogP contribution is 1.99. The van der Waals surface area contributed by atoms with E-state index in [0.29, 0.717) is 12.5 Å². The van der Waals surface area contributed by atoms with Crippen LogP contribution in [-0.2, 0) is 11.3 Å². The number of halogens is 1. The molecule has 88 valence electrons. The Labute approximate surface area is 102 Å². The number of hydrogen-bond acceptors (Lipinski definition) is 2. The van der Waals surface area contributed by atoms with Crippen LogP contribution < -0.4 is 5.32 Å². The molecule has 0 bridgehead atoms. The minimum absolute atomic E-state index is 0.576. The normalized spacial score (nSPS) is 11.1. The van der Waals surface area contributed by atoms with Crippen LogP contribution in [0.25, 0.3) is 0 Å². The van der Waals surface area contributed by atoms with Gasteiger partial charge >= 0.3 is 0 Å². The maximum Gasteiger partial charge on any atom is 0.0717 e. The van der Waals surface area contributed by atoms with Crippen LogP contribution in [0.1, 0.15) is 5.56 Å². The largest absolute Gasteiger partial charge is 0.375 e. The van der Waals surface area contributed by atoms with E-state index in [0.717, 1.165) is 19.7 Å². The third-order valence-corrected chi connectivity index (χ3v) is 2.23. The summed E-state index contributed by atoms with van der Waals surface area (Å²) in [7, 11) is 0. The Morgan fingerprint density at radius 3 is 2.75 bits per heavy atom. The highest BCUT2D eigenvalue weighted by molar-refractivity contribution is 6.18. The van der Waals surface area contributed by atoms with Crippen molar-refractivity contribution in [2.75, 3.05) is 25.6 Å². The van der Waals surface area contributed by atoms with E-state index in [-0.39, 0.29) is 0 Å². The van der Waals surface area contributed by atoms with Crippen LogP contribution in [0, 0.1) is 0 Å². The number of hydrogen-bond donors (Lipinski definition) is 1. The zero-order valence-electron chi connectivity index (χ0n) is 9.36. The van der Waals surface area contributed by atoms with Gasteiger partial charge in [-0.1, -0.05) is 42.5 Å². The van der Waals surface area contributed by atoms with Gasteiger partial charge in [0.05, 0.1) is 13.2 Å². The van der Waals surface area contributed by atoms with Crippen LogP contribution in [0.3, 0.4) is 0 Å². The Bertz CT molecular complexity index is 287. The molecule has 0 heterocycles. The van der Waals surface area contributed by atoms with Crippen molar-refractivity contribution in [2.24, 2.45) is 0 Å². The summed E-state index contributed by atoms with van der Waals surface area (Å²) in [6.45, 7) is 3.12. The second-order valence-electron chi connectivity index (χ2n) is 3.37. The van der Waals surface area contributed by atoms with E-state index in [1.165, 1.54) is 5.56 Å². The summed E-state index contributed by atoms with van der Waals surface area (Å²) in [5.41, 5.74) is 1.21. The molecule has 0 aromatic heterocycles. The third kappa shape index (κ3) is 6.62. The number of nitrogens with one attached hydrogen (secondary N) is 1. The van der Waals surface area contributed by atoms with Gasteiger partial charge in [-0.2, -0.15) is 0 Å². The van der Waals surface area contributed by atoms with Crippen molar-refractivity contribution < 1.29 is 4.74 Å². The maximum atomic E-state index is 5.51. The van der Waals surface area contributed by atoms with Crippen molar-refractivity contribution >= 4 is 11.6 Å². The standard InChI is InChI=1S/C13H18ClNO/c14-8-4-5-9-15-10-11-16-12-13-6-2-1-3-7-13/h1-7,15H,8-12H2/b5-4+. The molecule has 0 spiro atoms. The van der Waals surface area contributed by atoms with Gasteiger partial charge in [0.1, 0.15) is 0 Å². The van der Waals surface area contributed by atoms with Crippen molar-refractivity contribution in [3.63, 3.8) is 0 Å². The molecule has 0 amide bonds. The first-order valence-corrected chi connectivity index (χ1v) is 6.00. The number of benzene rings is 1. The molecule has 0 aliphatic rings. The Hall–Kier alpha value is -0.830. The average Bonchev–Trinajstić information content (AvgIpc) is 2.34.